The second-order valence-electron chi connectivity index (χ2n) is 7.98. The van der Waals surface area contributed by atoms with Crippen molar-refractivity contribution in [2.45, 2.75) is 71.6 Å². The Morgan fingerprint density at radius 1 is 1.42 bits per heavy atom. The fourth-order valence-electron chi connectivity index (χ4n) is 4.17. The molecular formula is C18H34N4O2. The van der Waals surface area contributed by atoms with Crippen LogP contribution in [0.1, 0.15) is 53.9 Å². The third-order valence-corrected chi connectivity index (χ3v) is 5.07. The van der Waals surface area contributed by atoms with Crippen LogP contribution in [0.4, 0.5) is 0 Å². The highest BCUT2D eigenvalue weighted by Gasteiger charge is 2.40. The molecule has 138 valence electrons. The minimum absolute atomic E-state index is 0.146. The summed E-state index contributed by atoms with van der Waals surface area (Å²) in [6.45, 7) is 12.9. The molecule has 2 N–H and O–H groups in total. The molecule has 24 heavy (non-hydrogen) atoms. The van der Waals surface area contributed by atoms with Crippen molar-refractivity contribution in [1.29, 1.82) is 0 Å². The second kappa shape index (κ2) is 7.72. The summed E-state index contributed by atoms with van der Waals surface area (Å²) in [6.07, 6.45) is 2.77. The van der Waals surface area contributed by atoms with Crippen molar-refractivity contribution in [1.82, 2.24) is 15.1 Å². The highest BCUT2D eigenvalue weighted by molar-refractivity contribution is 5.88. The summed E-state index contributed by atoms with van der Waals surface area (Å²) in [5.41, 5.74) is -0.230. The number of hydrogen-bond donors (Lipinski definition) is 2. The van der Waals surface area contributed by atoms with Crippen LogP contribution in [-0.2, 0) is 4.79 Å². The predicted octanol–water partition coefficient (Wildman–Crippen LogP) is 1.44. The van der Waals surface area contributed by atoms with Crippen LogP contribution < -0.4 is 5.32 Å². The van der Waals surface area contributed by atoms with E-state index in [2.05, 4.69) is 37.9 Å². The van der Waals surface area contributed by atoms with E-state index in [-0.39, 0.29) is 29.5 Å². The maximum absolute atomic E-state index is 12.6. The van der Waals surface area contributed by atoms with E-state index in [1.54, 1.807) is 0 Å². The minimum Gasteiger partial charge on any atom is -0.393 e. The number of aliphatic hydroxyl groups excluding tert-OH is 1. The Morgan fingerprint density at radius 3 is 2.62 bits per heavy atom. The molecule has 1 aliphatic carbocycles. The number of carbonyl (C=O) groups is 1. The molecule has 2 aliphatic rings. The van der Waals surface area contributed by atoms with Crippen LogP contribution in [-0.4, -0.2) is 70.6 Å². The lowest BCUT2D eigenvalue weighted by atomic mass is 9.96. The van der Waals surface area contributed by atoms with E-state index in [9.17, 15) is 9.90 Å². The van der Waals surface area contributed by atoms with Crippen LogP contribution in [0.25, 0.3) is 0 Å². The van der Waals surface area contributed by atoms with E-state index in [1.807, 2.05) is 11.8 Å². The highest BCUT2D eigenvalue weighted by Crippen LogP contribution is 2.27. The van der Waals surface area contributed by atoms with Gasteiger partial charge in [-0.1, -0.05) is 6.42 Å². The lowest BCUT2D eigenvalue weighted by Crippen LogP contribution is -2.66. The monoisotopic (exact) mass is 338 g/mol. The van der Waals surface area contributed by atoms with Crippen molar-refractivity contribution in [3.8, 4) is 0 Å². The first-order valence-electron chi connectivity index (χ1n) is 9.29. The third-order valence-electron chi connectivity index (χ3n) is 5.07. The van der Waals surface area contributed by atoms with Gasteiger partial charge in [0.2, 0.25) is 5.91 Å². The smallest absolute Gasteiger partial charge is 0.242 e. The molecule has 1 saturated heterocycles. The summed E-state index contributed by atoms with van der Waals surface area (Å²) in [6, 6.07) is 0.197. The zero-order chi connectivity index (χ0) is 17.9. The highest BCUT2D eigenvalue weighted by atomic mass is 16.3. The van der Waals surface area contributed by atoms with Crippen molar-refractivity contribution in [3.05, 3.63) is 0 Å². The summed E-state index contributed by atoms with van der Waals surface area (Å²) in [5, 5.41) is 13.3. The first-order chi connectivity index (χ1) is 11.3. The summed E-state index contributed by atoms with van der Waals surface area (Å²) in [4.78, 5) is 21.4. The number of rotatable bonds is 4. The van der Waals surface area contributed by atoms with E-state index >= 15 is 0 Å². The number of aliphatic hydroxyl groups is 1. The molecule has 1 heterocycles. The molecule has 0 aromatic carbocycles. The Kier molecular flexibility index (Phi) is 6.12. The molecule has 2 fully saturated rings. The average Bonchev–Trinajstić information content (AvgIpc) is 2.86. The standard InChI is InChI=1S/C18H34N4O2/c1-6-19-17(20-10-14-8-7-9-15(14)23)21-11-16(24)22(13(2)3)18(4,5)12-21/h13-15,23H,6-12H2,1-5H3,(H,19,20). The fraction of sp³-hybridized carbons (Fsp3) is 0.889. The molecule has 0 spiro atoms. The van der Waals surface area contributed by atoms with Gasteiger partial charge in [0.05, 0.1) is 18.2 Å². The van der Waals surface area contributed by atoms with Crippen molar-refractivity contribution < 1.29 is 9.90 Å². The van der Waals surface area contributed by atoms with Gasteiger partial charge >= 0.3 is 0 Å². The quantitative estimate of drug-likeness (QED) is 0.601. The van der Waals surface area contributed by atoms with E-state index < -0.39 is 0 Å². The number of piperazine rings is 1. The molecular weight excluding hydrogens is 304 g/mol. The van der Waals surface area contributed by atoms with Crippen LogP contribution in [0.3, 0.4) is 0 Å². The van der Waals surface area contributed by atoms with Crippen LogP contribution in [0, 0.1) is 5.92 Å². The van der Waals surface area contributed by atoms with E-state index in [0.717, 1.165) is 38.3 Å². The fourth-order valence-corrected chi connectivity index (χ4v) is 4.17. The van der Waals surface area contributed by atoms with Gasteiger partial charge in [-0.3, -0.25) is 9.79 Å². The molecule has 0 radical (unpaired) electrons. The number of nitrogens with one attached hydrogen (secondary N) is 1. The van der Waals surface area contributed by atoms with E-state index in [1.165, 1.54) is 0 Å². The molecule has 1 saturated carbocycles. The lowest BCUT2D eigenvalue weighted by molar-refractivity contribution is -0.145. The molecule has 0 aromatic rings. The van der Waals surface area contributed by atoms with Gasteiger partial charge in [0.1, 0.15) is 0 Å². The molecule has 2 unspecified atom stereocenters. The third kappa shape index (κ3) is 4.21. The van der Waals surface area contributed by atoms with E-state index in [0.29, 0.717) is 13.1 Å². The maximum atomic E-state index is 12.6. The van der Waals surface area contributed by atoms with Crippen LogP contribution in [0.15, 0.2) is 4.99 Å². The van der Waals surface area contributed by atoms with E-state index in [4.69, 9.17) is 4.99 Å². The number of guanidine groups is 1. The zero-order valence-corrected chi connectivity index (χ0v) is 15.9. The minimum atomic E-state index is -0.230. The lowest BCUT2D eigenvalue weighted by Gasteiger charge is -2.49. The van der Waals surface area contributed by atoms with Crippen molar-refractivity contribution in [2.24, 2.45) is 10.9 Å². The van der Waals surface area contributed by atoms with Crippen LogP contribution in [0.2, 0.25) is 0 Å². The normalized spacial score (nSPS) is 28.0. The van der Waals surface area contributed by atoms with Gasteiger partial charge in [0.15, 0.2) is 5.96 Å². The summed E-state index contributed by atoms with van der Waals surface area (Å²) in [7, 11) is 0. The molecule has 0 aromatic heterocycles. The largest absolute Gasteiger partial charge is 0.393 e. The summed E-state index contributed by atoms with van der Waals surface area (Å²) < 4.78 is 0. The summed E-state index contributed by atoms with van der Waals surface area (Å²) >= 11 is 0. The first kappa shape index (κ1) is 19.0. The number of hydrogen-bond acceptors (Lipinski definition) is 3. The Bertz CT molecular complexity index is 476. The van der Waals surface area contributed by atoms with Crippen molar-refractivity contribution >= 4 is 11.9 Å². The van der Waals surface area contributed by atoms with Gasteiger partial charge in [-0.05, 0) is 47.5 Å². The van der Waals surface area contributed by atoms with Crippen molar-refractivity contribution in [3.63, 3.8) is 0 Å². The zero-order valence-electron chi connectivity index (χ0n) is 15.9. The van der Waals surface area contributed by atoms with Crippen LogP contribution in [0.5, 0.6) is 0 Å². The van der Waals surface area contributed by atoms with Crippen LogP contribution >= 0.6 is 0 Å². The molecule has 1 aliphatic heterocycles. The van der Waals surface area contributed by atoms with Gasteiger partial charge in [0.25, 0.3) is 0 Å². The predicted molar refractivity (Wildman–Crippen MR) is 97.0 cm³/mol. The Balaban J connectivity index is 2.11. The molecule has 6 heteroatoms. The SMILES string of the molecule is CCNC(=NCC1CCCC1O)N1CC(=O)N(C(C)C)C(C)(C)C1. The number of nitrogens with zero attached hydrogens (tertiary/aromatic N) is 3. The first-order valence-corrected chi connectivity index (χ1v) is 9.29. The van der Waals surface area contributed by atoms with Crippen molar-refractivity contribution in [2.75, 3.05) is 26.2 Å². The topological polar surface area (TPSA) is 68.2 Å². The number of carbonyl (C=O) groups excluding carboxylic acids is 1. The van der Waals surface area contributed by atoms with Gasteiger partial charge in [-0.2, -0.15) is 0 Å². The number of amides is 1. The number of aliphatic imine (C=N–C) groups is 1. The molecule has 2 rings (SSSR count). The average molecular weight is 338 g/mol. The molecule has 6 nitrogen and oxygen atoms in total. The molecule has 2 atom stereocenters. The second-order valence-corrected chi connectivity index (χ2v) is 7.98. The molecule has 0 bridgehead atoms. The Hall–Kier alpha value is -1.30. The Labute approximate surface area is 146 Å². The van der Waals surface area contributed by atoms with Gasteiger partial charge in [-0.15, -0.1) is 0 Å². The maximum Gasteiger partial charge on any atom is 0.242 e. The summed E-state index contributed by atoms with van der Waals surface area (Å²) in [5.74, 6) is 1.19. The van der Waals surface area contributed by atoms with Gasteiger partial charge in [0, 0.05) is 31.6 Å². The van der Waals surface area contributed by atoms with Gasteiger partial charge in [-0.25, -0.2) is 0 Å². The van der Waals surface area contributed by atoms with Gasteiger partial charge < -0.3 is 20.2 Å². The molecule has 1 amide bonds. The Morgan fingerprint density at radius 2 is 2.12 bits per heavy atom.